The van der Waals surface area contributed by atoms with Crippen molar-refractivity contribution in [2.45, 2.75) is 51.6 Å². The number of nitrogens with zero attached hydrogens (tertiary/aromatic N) is 1. The van der Waals surface area contributed by atoms with Crippen molar-refractivity contribution in [2.75, 3.05) is 25.4 Å². The Kier molecular flexibility index (Phi) is 4.79. The van der Waals surface area contributed by atoms with Crippen LogP contribution < -0.4 is 0 Å². The molecule has 0 radical (unpaired) electrons. The molecular formula is C14H27NOS. The van der Waals surface area contributed by atoms with Crippen LogP contribution in [-0.4, -0.2) is 41.5 Å². The average molecular weight is 257 g/mol. The van der Waals surface area contributed by atoms with Gasteiger partial charge in [-0.05, 0) is 36.3 Å². The van der Waals surface area contributed by atoms with E-state index in [2.05, 4.69) is 24.5 Å². The molecule has 2 aliphatic rings. The molecule has 2 rings (SSSR count). The number of hydrogen-bond acceptors (Lipinski definition) is 3. The number of thiol groups is 1. The largest absolute Gasteiger partial charge is 0.393 e. The number of aliphatic hydroxyl groups excluding tert-OH is 1. The van der Waals surface area contributed by atoms with E-state index in [0.717, 1.165) is 25.3 Å². The van der Waals surface area contributed by atoms with Gasteiger partial charge in [0.15, 0.2) is 0 Å². The van der Waals surface area contributed by atoms with E-state index >= 15 is 0 Å². The summed E-state index contributed by atoms with van der Waals surface area (Å²) in [6.45, 7) is 5.51. The van der Waals surface area contributed by atoms with E-state index < -0.39 is 0 Å². The molecule has 100 valence electrons. The Bertz CT molecular complexity index is 240. The molecule has 0 aromatic heterocycles. The topological polar surface area (TPSA) is 23.5 Å². The highest BCUT2D eigenvalue weighted by Crippen LogP contribution is 2.38. The minimum absolute atomic E-state index is 0.0791. The zero-order valence-electron chi connectivity index (χ0n) is 11.1. The van der Waals surface area contributed by atoms with Crippen molar-refractivity contribution in [2.24, 2.45) is 11.3 Å². The molecule has 3 heteroatoms. The Morgan fingerprint density at radius 1 is 1.29 bits per heavy atom. The molecule has 1 aliphatic heterocycles. The second kappa shape index (κ2) is 5.94. The number of hydrogen-bond donors (Lipinski definition) is 2. The second-order valence-corrected chi connectivity index (χ2v) is 6.60. The molecule has 17 heavy (non-hydrogen) atoms. The van der Waals surface area contributed by atoms with Crippen LogP contribution in [0.15, 0.2) is 0 Å². The minimum Gasteiger partial charge on any atom is -0.393 e. The maximum absolute atomic E-state index is 9.78. The van der Waals surface area contributed by atoms with E-state index in [1.807, 2.05) is 0 Å². The molecule has 1 aliphatic carbocycles. The molecule has 0 spiro atoms. The fourth-order valence-corrected chi connectivity index (χ4v) is 3.92. The van der Waals surface area contributed by atoms with E-state index in [4.69, 9.17) is 0 Å². The summed E-state index contributed by atoms with van der Waals surface area (Å²) in [5, 5.41) is 9.78. The summed E-state index contributed by atoms with van der Waals surface area (Å²) in [6, 6.07) is 0. The zero-order chi connectivity index (χ0) is 12.3. The van der Waals surface area contributed by atoms with Crippen molar-refractivity contribution in [1.29, 1.82) is 0 Å². The van der Waals surface area contributed by atoms with Crippen LogP contribution in [0.5, 0.6) is 0 Å². The van der Waals surface area contributed by atoms with Crippen LogP contribution in [0.25, 0.3) is 0 Å². The van der Waals surface area contributed by atoms with Crippen molar-refractivity contribution >= 4 is 12.6 Å². The summed E-state index contributed by atoms with van der Waals surface area (Å²) in [4.78, 5) is 2.57. The van der Waals surface area contributed by atoms with E-state index in [1.165, 1.54) is 38.6 Å². The van der Waals surface area contributed by atoms with Crippen molar-refractivity contribution in [3.05, 3.63) is 0 Å². The minimum atomic E-state index is -0.0791. The first-order valence-electron chi connectivity index (χ1n) is 7.16. The van der Waals surface area contributed by atoms with Gasteiger partial charge in [-0.2, -0.15) is 12.6 Å². The highest BCUT2D eigenvalue weighted by Gasteiger charge is 2.34. The van der Waals surface area contributed by atoms with Gasteiger partial charge in [0.05, 0.1) is 6.10 Å². The predicted octanol–water partition coefficient (Wildman–Crippen LogP) is 2.57. The summed E-state index contributed by atoms with van der Waals surface area (Å²) >= 11 is 4.61. The lowest BCUT2D eigenvalue weighted by Gasteiger charge is -2.43. The smallest absolute Gasteiger partial charge is 0.0590 e. The van der Waals surface area contributed by atoms with Crippen molar-refractivity contribution in [3.8, 4) is 0 Å². The molecule has 2 atom stereocenters. The third-order valence-corrected chi connectivity index (χ3v) is 5.42. The lowest BCUT2D eigenvalue weighted by Crippen LogP contribution is -2.48. The Balaban J connectivity index is 1.90. The van der Waals surface area contributed by atoms with Gasteiger partial charge in [0.25, 0.3) is 0 Å². The van der Waals surface area contributed by atoms with E-state index in [1.54, 1.807) is 0 Å². The van der Waals surface area contributed by atoms with Gasteiger partial charge in [-0.3, -0.25) is 0 Å². The van der Waals surface area contributed by atoms with Crippen LogP contribution in [0.2, 0.25) is 0 Å². The number of piperidine rings is 1. The fourth-order valence-electron chi connectivity index (χ4n) is 3.51. The monoisotopic (exact) mass is 257 g/mol. The van der Waals surface area contributed by atoms with Crippen LogP contribution in [0, 0.1) is 11.3 Å². The molecule has 2 unspecified atom stereocenters. The van der Waals surface area contributed by atoms with Crippen molar-refractivity contribution in [3.63, 3.8) is 0 Å². The summed E-state index contributed by atoms with van der Waals surface area (Å²) in [5.41, 5.74) is 0.462. The normalized spacial score (nSPS) is 34.8. The Morgan fingerprint density at radius 2 is 2.00 bits per heavy atom. The molecule has 1 heterocycles. The highest BCUT2D eigenvalue weighted by atomic mass is 32.1. The Hall–Kier alpha value is 0.270. The molecule has 1 saturated heterocycles. The molecule has 0 aromatic rings. The highest BCUT2D eigenvalue weighted by molar-refractivity contribution is 7.80. The summed E-state index contributed by atoms with van der Waals surface area (Å²) in [7, 11) is 0. The number of rotatable bonds is 3. The summed E-state index contributed by atoms with van der Waals surface area (Å²) < 4.78 is 0. The van der Waals surface area contributed by atoms with Crippen LogP contribution >= 0.6 is 12.6 Å². The molecule has 1 saturated carbocycles. The first kappa shape index (κ1) is 13.7. The van der Waals surface area contributed by atoms with Gasteiger partial charge in [-0.15, -0.1) is 0 Å². The molecule has 1 N–H and O–H groups in total. The van der Waals surface area contributed by atoms with Gasteiger partial charge in [0.2, 0.25) is 0 Å². The van der Waals surface area contributed by atoms with Gasteiger partial charge >= 0.3 is 0 Å². The van der Waals surface area contributed by atoms with E-state index in [-0.39, 0.29) is 6.10 Å². The third-order valence-electron chi connectivity index (χ3n) is 4.75. The predicted molar refractivity (Wildman–Crippen MR) is 75.6 cm³/mol. The first-order chi connectivity index (χ1) is 8.15. The van der Waals surface area contributed by atoms with Gasteiger partial charge in [0, 0.05) is 19.6 Å². The van der Waals surface area contributed by atoms with Crippen LogP contribution in [0.3, 0.4) is 0 Å². The fraction of sp³-hybridized carbons (Fsp3) is 1.00. The maximum Gasteiger partial charge on any atom is 0.0590 e. The molecule has 0 bridgehead atoms. The number of likely N-dealkylation sites (tertiary alicyclic amines) is 1. The molecular weight excluding hydrogens is 230 g/mol. The molecule has 2 fully saturated rings. The van der Waals surface area contributed by atoms with Crippen LogP contribution in [0.1, 0.15) is 45.4 Å². The molecule has 0 aromatic carbocycles. The SMILES string of the molecule is CC1CN(CC2(CS)CCCCC2)CCC1O. The van der Waals surface area contributed by atoms with Crippen LogP contribution in [0.4, 0.5) is 0 Å². The van der Waals surface area contributed by atoms with E-state index in [9.17, 15) is 5.11 Å². The van der Waals surface area contributed by atoms with Crippen molar-refractivity contribution < 1.29 is 5.11 Å². The van der Waals surface area contributed by atoms with Crippen LogP contribution in [-0.2, 0) is 0 Å². The lowest BCUT2D eigenvalue weighted by molar-refractivity contribution is 0.0134. The Morgan fingerprint density at radius 3 is 2.59 bits per heavy atom. The van der Waals surface area contributed by atoms with Gasteiger partial charge in [-0.25, -0.2) is 0 Å². The average Bonchev–Trinajstić information content (AvgIpc) is 2.35. The Labute approximate surface area is 111 Å². The van der Waals surface area contributed by atoms with Crippen molar-refractivity contribution in [1.82, 2.24) is 4.90 Å². The lowest BCUT2D eigenvalue weighted by atomic mass is 9.74. The maximum atomic E-state index is 9.78. The summed E-state index contributed by atoms with van der Waals surface area (Å²) in [6.07, 6.45) is 7.74. The third kappa shape index (κ3) is 3.39. The first-order valence-corrected chi connectivity index (χ1v) is 7.80. The zero-order valence-corrected chi connectivity index (χ0v) is 12.0. The molecule has 0 amide bonds. The summed E-state index contributed by atoms with van der Waals surface area (Å²) in [5.74, 6) is 1.46. The standard InChI is InChI=1S/C14H27NOS/c1-12-9-15(8-5-13(12)16)10-14(11-17)6-3-2-4-7-14/h12-13,16-17H,2-11H2,1H3. The van der Waals surface area contributed by atoms with Gasteiger partial charge < -0.3 is 10.0 Å². The number of aliphatic hydroxyl groups is 1. The second-order valence-electron chi connectivity index (χ2n) is 6.29. The van der Waals surface area contributed by atoms with Gasteiger partial charge in [0.1, 0.15) is 0 Å². The quantitative estimate of drug-likeness (QED) is 0.759. The van der Waals surface area contributed by atoms with E-state index in [0.29, 0.717) is 11.3 Å². The van der Waals surface area contributed by atoms with Gasteiger partial charge in [-0.1, -0.05) is 26.2 Å². The molecule has 2 nitrogen and oxygen atoms in total.